The third-order valence-corrected chi connectivity index (χ3v) is 6.99. The summed E-state index contributed by atoms with van der Waals surface area (Å²) in [5.41, 5.74) is 1.17. The van der Waals surface area contributed by atoms with E-state index in [1.807, 2.05) is 35.2 Å². The highest BCUT2D eigenvalue weighted by Gasteiger charge is 2.42. The van der Waals surface area contributed by atoms with E-state index in [1.165, 1.54) is 14.2 Å². The van der Waals surface area contributed by atoms with Crippen LogP contribution in [0.15, 0.2) is 47.0 Å². The zero-order chi connectivity index (χ0) is 24.3. The van der Waals surface area contributed by atoms with Gasteiger partial charge in [0.25, 0.3) is 5.91 Å². The van der Waals surface area contributed by atoms with Crippen LogP contribution in [0.2, 0.25) is 0 Å². The summed E-state index contributed by atoms with van der Waals surface area (Å²) in [6.45, 7) is 1.95. The first kappa shape index (κ1) is 23.3. The number of pyridine rings is 1. The van der Waals surface area contributed by atoms with Gasteiger partial charge in [-0.15, -0.1) is 0 Å². The summed E-state index contributed by atoms with van der Waals surface area (Å²) in [5.74, 6) is 2.29. The molecule has 2 aromatic heterocycles. The Morgan fingerprint density at radius 3 is 2.63 bits per heavy atom. The minimum absolute atomic E-state index is 0.0847. The van der Waals surface area contributed by atoms with Crippen molar-refractivity contribution in [3.8, 4) is 23.1 Å². The molecule has 0 saturated carbocycles. The lowest BCUT2D eigenvalue weighted by molar-refractivity contribution is -0.124. The maximum Gasteiger partial charge on any atom is 0.259 e. The van der Waals surface area contributed by atoms with Gasteiger partial charge in [0.15, 0.2) is 0 Å². The van der Waals surface area contributed by atoms with E-state index < -0.39 is 0 Å². The minimum atomic E-state index is -0.218. The molecule has 1 spiro atoms. The van der Waals surface area contributed by atoms with Gasteiger partial charge in [0.2, 0.25) is 23.5 Å². The Morgan fingerprint density at radius 2 is 1.89 bits per heavy atom. The molecule has 1 unspecified atom stereocenters. The first-order valence-electron chi connectivity index (χ1n) is 12.0. The SMILES string of the molecule is COc1ccc(C(=O)N2CCC3(CC2)CC(Cc2nc(-c4ccccc4)no2)CCO3)c(OC)n1. The van der Waals surface area contributed by atoms with Crippen LogP contribution in [0.3, 0.4) is 0 Å². The first-order valence-corrected chi connectivity index (χ1v) is 12.0. The van der Waals surface area contributed by atoms with Crippen molar-refractivity contribution in [3.63, 3.8) is 0 Å². The average Bonchev–Trinajstić information content (AvgIpc) is 3.37. The number of methoxy groups -OCH3 is 2. The summed E-state index contributed by atoms with van der Waals surface area (Å²) < 4.78 is 22.3. The van der Waals surface area contributed by atoms with E-state index in [0.29, 0.717) is 48.8 Å². The molecule has 9 heteroatoms. The van der Waals surface area contributed by atoms with Gasteiger partial charge in [-0.2, -0.15) is 9.97 Å². The molecule has 5 rings (SSSR count). The van der Waals surface area contributed by atoms with Crippen molar-refractivity contribution in [3.05, 3.63) is 53.9 Å². The Bertz CT molecular complexity index is 1160. The summed E-state index contributed by atoms with van der Waals surface area (Å²) in [7, 11) is 3.04. The Labute approximate surface area is 204 Å². The molecule has 3 aromatic rings. The van der Waals surface area contributed by atoms with Gasteiger partial charge in [0.1, 0.15) is 5.56 Å². The van der Waals surface area contributed by atoms with Crippen LogP contribution in [0.25, 0.3) is 11.4 Å². The topological polar surface area (TPSA) is 99.8 Å². The normalized spacial score (nSPS) is 19.5. The quantitative estimate of drug-likeness (QED) is 0.528. The van der Waals surface area contributed by atoms with Crippen LogP contribution >= 0.6 is 0 Å². The van der Waals surface area contributed by atoms with Crippen LogP contribution in [-0.4, -0.2) is 65.4 Å². The molecule has 2 saturated heterocycles. The molecular weight excluding hydrogens is 448 g/mol. The summed E-state index contributed by atoms with van der Waals surface area (Å²) in [6, 6.07) is 13.2. The third kappa shape index (κ3) is 5.00. The highest BCUT2D eigenvalue weighted by atomic mass is 16.5. The molecule has 0 N–H and O–H groups in total. The van der Waals surface area contributed by atoms with Crippen molar-refractivity contribution in [2.45, 2.75) is 37.7 Å². The molecule has 9 nitrogen and oxygen atoms in total. The second kappa shape index (κ2) is 10.0. The summed E-state index contributed by atoms with van der Waals surface area (Å²) in [5, 5.41) is 4.15. The Morgan fingerprint density at radius 1 is 1.09 bits per heavy atom. The van der Waals surface area contributed by atoms with Gasteiger partial charge in [-0.05, 0) is 37.7 Å². The number of likely N-dealkylation sites (tertiary alicyclic amines) is 1. The molecule has 1 atom stereocenters. The second-order valence-electron chi connectivity index (χ2n) is 9.17. The molecule has 4 heterocycles. The fourth-order valence-electron chi connectivity index (χ4n) is 5.08. The number of aromatic nitrogens is 3. The largest absolute Gasteiger partial charge is 0.481 e. The van der Waals surface area contributed by atoms with E-state index in [0.717, 1.165) is 37.7 Å². The van der Waals surface area contributed by atoms with Gasteiger partial charge < -0.3 is 23.6 Å². The summed E-state index contributed by atoms with van der Waals surface area (Å²) in [4.78, 5) is 23.9. The van der Waals surface area contributed by atoms with E-state index >= 15 is 0 Å². The second-order valence-corrected chi connectivity index (χ2v) is 9.17. The van der Waals surface area contributed by atoms with Gasteiger partial charge in [0, 0.05) is 37.7 Å². The highest BCUT2D eigenvalue weighted by Crippen LogP contribution is 2.39. The average molecular weight is 479 g/mol. The summed E-state index contributed by atoms with van der Waals surface area (Å²) >= 11 is 0. The lowest BCUT2D eigenvalue weighted by Gasteiger charge is -2.46. The fourth-order valence-corrected chi connectivity index (χ4v) is 5.08. The van der Waals surface area contributed by atoms with Crippen LogP contribution in [0.1, 0.15) is 41.9 Å². The number of piperidine rings is 1. The molecule has 1 aromatic carbocycles. The van der Waals surface area contributed by atoms with Gasteiger partial charge in [-0.25, -0.2) is 0 Å². The van der Waals surface area contributed by atoms with Crippen molar-refractivity contribution in [1.29, 1.82) is 0 Å². The molecule has 2 aliphatic heterocycles. The van der Waals surface area contributed by atoms with E-state index in [4.69, 9.17) is 18.7 Å². The Hall–Kier alpha value is -3.46. The van der Waals surface area contributed by atoms with Gasteiger partial charge in [0.05, 0.1) is 19.8 Å². The maximum absolute atomic E-state index is 13.2. The molecule has 2 aliphatic rings. The summed E-state index contributed by atoms with van der Waals surface area (Å²) in [6.07, 6.45) is 4.20. The Kier molecular flexibility index (Phi) is 6.68. The van der Waals surface area contributed by atoms with Crippen LogP contribution < -0.4 is 9.47 Å². The van der Waals surface area contributed by atoms with E-state index in [-0.39, 0.29) is 17.4 Å². The third-order valence-electron chi connectivity index (χ3n) is 6.99. The molecular formula is C26H30N4O5. The molecule has 35 heavy (non-hydrogen) atoms. The van der Waals surface area contributed by atoms with Crippen LogP contribution in [-0.2, 0) is 11.2 Å². The number of ether oxygens (including phenoxy) is 3. The zero-order valence-electron chi connectivity index (χ0n) is 20.1. The minimum Gasteiger partial charge on any atom is -0.481 e. The molecule has 2 fully saturated rings. The van der Waals surface area contributed by atoms with Gasteiger partial charge in [-0.3, -0.25) is 4.79 Å². The van der Waals surface area contributed by atoms with Crippen LogP contribution in [0, 0.1) is 5.92 Å². The molecule has 1 amide bonds. The number of hydrogen-bond acceptors (Lipinski definition) is 8. The van der Waals surface area contributed by atoms with E-state index in [1.54, 1.807) is 12.1 Å². The number of amides is 1. The van der Waals surface area contributed by atoms with Crippen LogP contribution in [0.5, 0.6) is 11.8 Å². The molecule has 0 bridgehead atoms. The van der Waals surface area contributed by atoms with Crippen molar-refractivity contribution >= 4 is 5.91 Å². The zero-order valence-corrected chi connectivity index (χ0v) is 20.1. The lowest BCUT2D eigenvalue weighted by Crippen LogP contribution is -2.51. The molecule has 0 radical (unpaired) electrons. The number of nitrogens with zero attached hydrogens (tertiary/aromatic N) is 4. The number of hydrogen-bond donors (Lipinski definition) is 0. The van der Waals surface area contributed by atoms with Crippen molar-refractivity contribution in [1.82, 2.24) is 20.0 Å². The standard InChI is InChI=1S/C26H30N4O5/c1-32-21-9-8-20(24(28-21)33-2)25(31)30-13-11-26(12-14-30)17-18(10-15-34-26)16-22-27-23(29-35-22)19-6-4-3-5-7-19/h3-9,18H,10-17H2,1-2H3. The number of carbonyl (C=O) groups excluding carboxylic acids is 1. The van der Waals surface area contributed by atoms with Crippen molar-refractivity contribution < 1.29 is 23.5 Å². The van der Waals surface area contributed by atoms with E-state index in [9.17, 15) is 4.79 Å². The highest BCUT2D eigenvalue weighted by molar-refractivity contribution is 5.96. The predicted octanol–water partition coefficient (Wildman–Crippen LogP) is 3.79. The predicted molar refractivity (Wildman–Crippen MR) is 127 cm³/mol. The lowest BCUT2D eigenvalue weighted by atomic mass is 9.78. The first-order chi connectivity index (χ1) is 17.1. The Balaban J connectivity index is 1.20. The van der Waals surface area contributed by atoms with Crippen LogP contribution in [0.4, 0.5) is 0 Å². The monoisotopic (exact) mass is 478 g/mol. The van der Waals surface area contributed by atoms with Crippen molar-refractivity contribution in [2.75, 3.05) is 33.9 Å². The molecule has 0 aliphatic carbocycles. The van der Waals surface area contributed by atoms with Gasteiger partial charge in [-0.1, -0.05) is 35.5 Å². The van der Waals surface area contributed by atoms with Crippen molar-refractivity contribution in [2.24, 2.45) is 5.92 Å². The number of benzene rings is 1. The van der Waals surface area contributed by atoms with Gasteiger partial charge >= 0.3 is 0 Å². The number of carbonyl (C=O) groups is 1. The molecule has 184 valence electrons. The fraction of sp³-hybridized carbons (Fsp3) is 0.462. The number of rotatable bonds is 6. The maximum atomic E-state index is 13.2. The smallest absolute Gasteiger partial charge is 0.259 e. The van der Waals surface area contributed by atoms with E-state index in [2.05, 4.69) is 15.1 Å².